The van der Waals surface area contributed by atoms with Gasteiger partial charge < -0.3 is 14.4 Å². The Morgan fingerprint density at radius 2 is 1.87 bits per heavy atom. The van der Waals surface area contributed by atoms with Gasteiger partial charge in [0.2, 0.25) is 5.43 Å². The number of hydrogen-bond acceptors (Lipinski definition) is 3. The summed E-state index contributed by atoms with van der Waals surface area (Å²) < 4.78 is 2.10. The number of halogens is 1. The molecular formula is C24H24ClN3O2. The van der Waals surface area contributed by atoms with Crippen LogP contribution in [0.3, 0.4) is 0 Å². The van der Waals surface area contributed by atoms with Gasteiger partial charge in [0, 0.05) is 54.5 Å². The first-order valence-corrected chi connectivity index (χ1v) is 10.8. The Morgan fingerprint density at radius 1 is 1.10 bits per heavy atom. The molecule has 0 bridgehead atoms. The molecule has 0 aliphatic carbocycles. The third-order valence-electron chi connectivity index (χ3n) is 6.43. The largest absolute Gasteiger partial charge is 0.368 e. The Bertz CT molecular complexity index is 1230. The maximum absolute atomic E-state index is 13.3. The first-order chi connectivity index (χ1) is 14.4. The van der Waals surface area contributed by atoms with E-state index in [0.29, 0.717) is 23.5 Å². The van der Waals surface area contributed by atoms with E-state index in [4.69, 9.17) is 11.6 Å². The summed E-state index contributed by atoms with van der Waals surface area (Å²) in [6.45, 7) is 6.79. The van der Waals surface area contributed by atoms with Crippen molar-refractivity contribution >= 4 is 34.1 Å². The summed E-state index contributed by atoms with van der Waals surface area (Å²) in [5.41, 5.74) is 4.56. The molecule has 1 aromatic heterocycles. The summed E-state index contributed by atoms with van der Waals surface area (Å²) >= 11 is 6.18. The van der Waals surface area contributed by atoms with Gasteiger partial charge in [0.05, 0.1) is 5.52 Å². The van der Waals surface area contributed by atoms with E-state index >= 15 is 0 Å². The van der Waals surface area contributed by atoms with Crippen molar-refractivity contribution in [3.63, 3.8) is 0 Å². The van der Waals surface area contributed by atoms with E-state index in [1.165, 1.54) is 11.1 Å². The second-order valence-corrected chi connectivity index (χ2v) is 8.79. The number of piperazine rings is 1. The van der Waals surface area contributed by atoms with Gasteiger partial charge in [0.15, 0.2) is 0 Å². The Morgan fingerprint density at radius 3 is 2.63 bits per heavy atom. The molecule has 154 valence electrons. The fourth-order valence-electron chi connectivity index (χ4n) is 4.81. The number of aryl methyl sites for hydroxylation is 1. The molecule has 5 rings (SSSR count). The summed E-state index contributed by atoms with van der Waals surface area (Å²) in [4.78, 5) is 30.5. The summed E-state index contributed by atoms with van der Waals surface area (Å²) in [6.07, 6.45) is 2.67. The minimum atomic E-state index is -0.169. The summed E-state index contributed by atoms with van der Waals surface area (Å²) in [5, 5.41) is 1.36. The molecule has 3 aromatic rings. The van der Waals surface area contributed by atoms with E-state index in [0.717, 1.165) is 30.7 Å². The Balaban J connectivity index is 1.42. The van der Waals surface area contributed by atoms with Gasteiger partial charge in [-0.2, -0.15) is 0 Å². The molecular weight excluding hydrogens is 398 g/mol. The summed E-state index contributed by atoms with van der Waals surface area (Å²) in [7, 11) is 0. The van der Waals surface area contributed by atoms with Gasteiger partial charge in [0.1, 0.15) is 5.56 Å². The fourth-order valence-corrected chi connectivity index (χ4v) is 4.98. The SMILES string of the molecule is Cc1ccc(Cl)cc1N1CCN(C(=O)c2cn3c4c(cccc4c2=O)C[C@H]3C)CC1. The van der Waals surface area contributed by atoms with Crippen LogP contribution in [0.15, 0.2) is 47.4 Å². The third-order valence-corrected chi connectivity index (χ3v) is 6.67. The molecule has 6 heteroatoms. The number of hydrogen-bond donors (Lipinski definition) is 0. The number of nitrogens with zero attached hydrogens (tertiary/aromatic N) is 3. The van der Waals surface area contributed by atoms with Crippen LogP contribution in [0.2, 0.25) is 5.02 Å². The molecule has 1 fully saturated rings. The van der Waals surface area contributed by atoms with E-state index in [9.17, 15) is 9.59 Å². The Labute approximate surface area is 180 Å². The zero-order valence-corrected chi connectivity index (χ0v) is 17.9. The van der Waals surface area contributed by atoms with Crippen LogP contribution in [0.25, 0.3) is 10.9 Å². The van der Waals surface area contributed by atoms with Gasteiger partial charge in [-0.25, -0.2) is 0 Å². The van der Waals surface area contributed by atoms with Crippen molar-refractivity contribution in [1.29, 1.82) is 0 Å². The molecule has 30 heavy (non-hydrogen) atoms. The van der Waals surface area contributed by atoms with Crippen LogP contribution >= 0.6 is 11.6 Å². The summed E-state index contributed by atoms with van der Waals surface area (Å²) in [5.74, 6) is -0.169. The van der Waals surface area contributed by atoms with Crippen LogP contribution in [-0.4, -0.2) is 41.6 Å². The lowest BCUT2D eigenvalue weighted by atomic mass is 10.1. The van der Waals surface area contributed by atoms with Crippen molar-refractivity contribution in [1.82, 2.24) is 9.47 Å². The van der Waals surface area contributed by atoms with Gasteiger partial charge >= 0.3 is 0 Å². The monoisotopic (exact) mass is 421 g/mol. The highest BCUT2D eigenvalue weighted by Gasteiger charge is 2.28. The number of carbonyl (C=O) groups excluding carboxylic acids is 1. The highest BCUT2D eigenvalue weighted by atomic mass is 35.5. The van der Waals surface area contributed by atoms with Crippen LogP contribution in [0.4, 0.5) is 5.69 Å². The van der Waals surface area contributed by atoms with Crippen LogP contribution in [0.1, 0.15) is 34.5 Å². The molecule has 2 aliphatic rings. The predicted molar refractivity (Wildman–Crippen MR) is 121 cm³/mol. The highest BCUT2D eigenvalue weighted by molar-refractivity contribution is 6.30. The van der Waals surface area contributed by atoms with Gasteiger partial charge in [-0.1, -0.05) is 29.8 Å². The molecule has 0 spiro atoms. The fraction of sp³-hybridized carbons (Fsp3) is 0.333. The first kappa shape index (κ1) is 19.2. The lowest BCUT2D eigenvalue weighted by Crippen LogP contribution is -2.49. The van der Waals surface area contributed by atoms with E-state index in [-0.39, 0.29) is 22.9 Å². The number of amides is 1. The van der Waals surface area contributed by atoms with E-state index in [2.05, 4.69) is 29.4 Å². The molecule has 0 saturated carbocycles. The molecule has 1 saturated heterocycles. The van der Waals surface area contributed by atoms with Crippen molar-refractivity contribution < 1.29 is 4.79 Å². The number of rotatable bonds is 2. The number of carbonyl (C=O) groups is 1. The minimum absolute atomic E-state index is 0.157. The standard InChI is InChI=1S/C24H24ClN3O2/c1-15-6-7-18(25)13-21(15)26-8-10-27(11-9-26)24(30)20-14-28-16(2)12-17-4-3-5-19(22(17)28)23(20)29/h3-7,13-14,16H,8-12H2,1-2H3/t16-/m1/s1. The molecule has 1 amide bonds. The number of anilines is 1. The predicted octanol–water partition coefficient (Wildman–Crippen LogP) is 4.04. The van der Waals surface area contributed by atoms with Crippen LogP contribution < -0.4 is 10.3 Å². The zero-order valence-electron chi connectivity index (χ0n) is 17.2. The van der Waals surface area contributed by atoms with Crippen molar-refractivity contribution in [2.75, 3.05) is 31.1 Å². The van der Waals surface area contributed by atoms with E-state index in [1.54, 1.807) is 11.1 Å². The van der Waals surface area contributed by atoms with Crippen LogP contribution in [0, 0.1) is 6.92 Å². The average molecular weight is 422 g/mol. The normalized spacial score (nSPS) is 18.3. The first-order valence-electron chi connectivity index (χ1n) is 10.4. The molecule has 5 nitrogen and oxygen atoms in total. The molecule has 2 aromatic carbocycles. The quantitative estimate of drug-likeness (QED) is 0.627. The smallest absolute Gasteiger partial charge is 0.259 e. The van der Waals surface area contributed by atoms with E-state index < -0.39 is 0 Å². The van der Waals surface area contributed by atoms with Crippen molar-refractivity contribution in [2.45, 2.75) is 26.3 Å². The van der Waals surface area contributed by atoms with Crippen molar-refractivity contribution in [3.05, 3.63) is 74.5 Å². The van der Waals surface area contributed by atoms with Gasteiger partial charge in [-0.3, -0.25) is 9.59 Å². The van der Waals surface area contributed by atoms with Gasteiger partial charge in [-0.05, 0) is 49.6 Å². The van der Waals surface area contributed by atoms with E-state index in [1.807, 2.05) is 30.3 Å². The molecule has 0 radical (unpaired) electrons. The third kappa shape index (κ3) is 3.00. The maximum Gasteiger partial charge on any atom is 0.259 e. The molecule has 0 unspecified atom stereocenters. The van der Waals surface area contributed by atoms with Gasteiger partial charge in [0.25, 0.3) is 5.91 Å². The molecule has 2 aliphatic heterocycles. The number of para-hydroxylation sites is 1. The number of benzene rings is 2. The minimum Gasteiger partial charge on any atom is -0.368 e. The Kier molecular flexibility index (Phi) is 4.58. The topological polar surface area (TPSA) is 45.5 Å². The van der Waals surface area contributed by atoms with Gasteiger partial charge in [-0.15, -0.1) is 0 Å². The van der Waals surface area contributed by atoms with Crippen LogP contribution in [0.5, 0.6) is 0 Å². The van der Waals surface area contributed by atoms with Crippen molar-refractivity contribution in [3.8, 4) is 0 Å². The second-order valence-electron chi connectivity index (χ2n) is 8.36. The average Bonchev–Trinajstić information content (AvgIpc) is 3.08. The Hall–Kier alpha value is -2.79. The lowest BCUT2D eigenvalue weighted by Gasteiger charge is -2.37. The lowest BCUT2D eigenvalue weighted by molar-refractivity contribution is 0.0745. The summed E-state index contributed by atoms with van der Waals surface area (Å²) in [6, 6.07) is 12.0. The highest BCUT2D eigenvalue weighted by Crippen LogP contribution is 2.31. The molecule has 0 N–H and O–H groups in total. The van der Waals surface area contributed by atoms with Crippen LogP contribution in [-0.2, 0) is 6.42 Å². The molecule has 1 atom stereocenters. The molecule has 3 heterocycles. The number of aromatic nitrogens is 1. The zero-order chi connectivity index (χ0) is 21.0. The maximum atomic E-state index is 13.3. The second kappa shape index (κ2) is 7.17. The van der Waals surface area contributed by atoms with Crippen molar-refractivity contribution in [2.24, 2.45) is 0 Å². The number of pyridine rings is 1.